The Morgan fingerprint density at radius 2 is 1.68 bits per heavy atom. The minimum absolute atomic E-state index is 0.265. The molecule has 0 radical (unpaired) electrons. The number of Topliss-reactive ketones (excluding diaryl/α,β-unsaturated/α-hetero) is 1. The van der Waals surface area contributed by atoms with Gasteiger partial charge in [0.1, 0.15) is 5.00 Å². The summed E-state index contributed by atoms with van der Waals surface area (Å²) in [7, 11) is 0. The number of aryl methyl sites for hydroxylation is 2. The maximum atomic E-state index is 12.6. The van der Waals surface area contributed by atoms with Crippen LogP contribution in [0, 0.1) is 20.8 Å². The molecule has 1 atom stereocenters. The van der Waals surface area contributed by atoms with Gasteiger partial charge in [-0.15, -0.1) is 11.3 Å². The lowest BCUT2D eigenvalue weighted by Gasteiger charge is -2.13. The molecule has 0 fully saturated rings. The second-order valence-corrected chi connectivity index (χ2v) is 7.17. The van der Waals surface area contributed by atoms with Crippen LogP contribution in [0.2, 0.25) is 0 Å². The molecular weight excluding hydrogens is 338 g/mol. The number of esters is 1. The summed E-state index contributed by atoms with van der Waals surface area (Å²) in [6, 6.07) is 7.10. The molecule has 0 aliphatic carbocycles. The van der Waals surface area contributed by atoms with Gasteiger partial charge in [-0.2, -0.15) is 0 Å². The molecule has 1 aromatic heterocycles. The van der Waals surface area contributed by atoms with E-state index in [0.717, 1.165) is 16.0 Å². The highest BCUT2D eigenvalue weighted by Crippen LogP contribution is 2.33. The predicted molar refractivity (Wildman–Crippen MR) is 98.5 cm³/mol. The average molecular weight is 359 g/mol. The summed E-state index contributed by atoms with van der Waals surface area (Å²) < 4.78 is 5.37. The SMILES string of the molecule is CC(=O)Nc1sc(C)c(C)c1C(=O)OC(C)C(=O)c1ccc(C)cc1. The van der Waals surface area contributed by atoms with Crippen LogP contribution in [0.1, 0.15) is 50.6 Å². The summed E-state index contributed by atoms with van der Waals surface area (Å²) in [6.07, 6.45) is -0.917. The van der Waals surface area contributed by atoms with Crippen LogP contribution >= 0.6 is 11.3 Å². The molecule has 2 aromatic rings. The third-order valence-electron chi connectivity index (χ3n) is 3.87. The number of nitrogens with one attached hydrogen (secondary N) is 1. The van der Waals surface area contributed by atoms with Gasteiger partial charge in [-0.05, 0) is 33.3 Å². The van der Waals surface area contributed by atoms with Gasteiger partial charge in [0.15, 0.2) is 6.10 Å². The van der Waals surface area contributed by atoms with Crippen molar-refractivity contribution in [2.45, 2.75) is 40.7 Å². The molecule has 0 aliphatic rings. The Morgan fingerprint density at radius 1 is 1.08 bits per heavy atom. The zero-order valence-corrected chi connectivity index (χ0v) is 15.7. The molecule has 0 aliphatic heterocycles. The molecule has 1 aromatic carbocycles. The van der Waals surface area contributed by atoms with E-state index in [1.807, 2.05) is 26.0 Å². The van der Waals surface area contributed by atoms with Crippen LogP contribution in [0.3, 0.4) is 0 Å². The molecule has 1 amide bonds. The number of thiophene rings is 1. The first kappa shape index (κ1) is 18.9. The molecular formula is C19H21NO4S. The van der Waals surface area contributed by atoms with E-state index in [1.165, 1.54) is 18.3 Å². The third kappa shape index (κ3) is 4.33. The van der Waals surface area contributed by atoms with Crippen molar-refractivity contribution in [3.05, 3.63) is 51.4 Å². The van der Waals surface area contributed by atoms with Gasteiger partial charge in [-0.1, -0.05) is 29.8 Å². The number of hydrogen-bond acceptors (Lipinski definition) is 5. The van der Waals surface area contributed by atoms with E-state index in [-0.39, 0.29) is 11.7 Å². The van der Waals surface area contributed by atoms with Crippen molar-refractivity contribution < 1.29 is 19.1 Å². The number of hydrogen-bond donors (Lipinski definition) is 1. The molecule has 0 spiro atoms. The van der Waals surface area contributed by atoms with Crippen molar-refractivity contribution in [3.63, 3.8) is 0 Å². The molecule has 25 heavy (non-hydrogen) atoms. The van der Waals surface area contributed by atoms with E-state index < -0.39 is 12.1 Å². The first-order valence-electron chi connectivity index (χ1n) is 7.90. The Hall–Kier alpha value is -2.47. The van der Waals surface area contributed by atoms with Gasteiger partial charge < -0.3 is 10.1 Å². The first-order chi connectivity index (χ1) is 11.7. The third-order valence-corrected chi connectivity index (χ3v) is 4.99. The second-order valence-electron chi connectivity index (χ2n) is 5.95. The number of amides is 1. The summed E-state index contributed by atoms with van der Waals surface area (Å²) >= 11 is 1.31. The Morgan fingerprint density at radius 3 is 2.24 bits per heavy atom. The zero-order chi connectivity index (χ0) is 18.7. The summed E-state index contributed by atoms with van der Waals surface area (Å²) in [4.78, 5) is 37.2. The fourth-order valence-electron chi connectivity index (χ4n) is 2.35. The van der Waals surface area contributed by atoms with E-state index >= 15 is 0 Å². The molecule has 132 valence electrons. The number of benzene rings is 1. The van der Waals surface area contributed by atoms with Gasteiger partial charge >= 0.3 is 5.97 Å². The molecule has 0 bridgehead atoms. The molecule has 1 unspecified atom stereocenters. The van der Waals surface area contributed by atoms with Crippen LogP contribution in [0.4, 0.5) is 5.00 Å². The number of ketones is 1. The maximum Gasteiger partial charge on any atom is 0.342 e. The van der Waals surface area contributed by atoms with E-state index in [1.54, 1.807) is 26.0 Å². The van der Waals surface area contributed by atoms with Gasteiger partial charge in [0, 0.05) is 17.4 Å². The van der Waals surface area contributed by atoms with Crippen LogP contribution in [0.25, 0.3) is 0 Å². The van der Waals surface area contributed by atoms with Crippen molar-refractivity contribution in [1.29, 1.82) is 0 Å². The molecule has 1 N–H and O–H groups in total. The minimum Gasteiger partial charge on any atom is -0.451 e. The van der Waals surface area contributed by atoms with Crippen molar-refractivity contribution in [3.8, 4) is 0 Å². The maximum absolute atomic E-state index is 12.6. The lowest BCUT2D eigenvalue weighted by atomic mass is 10.1. The van der Waals surface area contributed by atoms with Gasteiger partial charge in [-0.3, -0.25) is 9.59 Å². The highest BCUT2D eigenvalue weighted by Gasteiger charge is 2.26. The average Bonchev–Trinajstić information content (AvgIpc) is 2.80. The van der Waals surface area contributed by atoms with E-state index in [4.69, 9.17) is 4.74 Å². The monoisotopic (exact) mass is 359 g/mol. The van der Waals surface area contributed by atoms with Crippen LogP contribution in [0.15, 0.2) is 24.3 Å². The molecule has 2 rings (SSSR count). The van der Waals surface area contributed by atoms with Gasteiger partial charge in [0.2, 0.25) is 11.7 Å². The van der Waals surface area contributed by atoms with Crippen LogP contribution < -0.4 is 5.32 Å². The summed E-state index contributed by atoms with van der Waals surface area (Å²) in [5.41, 5.74) is 2.59. The highest BCUT2D eigenvalue weighted by atomic mass is 32.1. The Kier molecular flexibility index (Phi) is 5.74. The zero-order valence-electron chi connectivity index (χ0n) is 14.9. The minimum atomic E-state index is -0.917. The van der Waals surface area contributed by atoms with Crippen molar-refractivity contribution >= 4 is 34.0 Å². The number of carbonyl (C=O) groups is 3. The first-order valence-corrected chi connectivity index (χ1v) is 8.71. The fourth-order valence-corrected chi connectivity index (χ4v) is 3.44. The molecule has 1 heterocycles. The lowest BCUT2D eigenvalue weighted by Crippen LogP contribution is -2.25. The standard InChI is InChI=1S/C19H21NO4S/c1-10-6-8-15(9-7-10)17(22)12(3)24-19(23)16-11(2)13(4)25-18(16)20-14(5)21/h6-9,12H,1-5H3,(H,20,21). The highest BCUT2D eigenvalue weighted by molar-refractivity contribution is 7.16. The van der Waals surface area contributed by atoms with Crippen LogP contribution in [-0.4, -0.2) is 23.8 Å². The van der Waals surface area contributed by atoms with Crippen molar-refractivity contribution in [2.24, 2.45) is 0 Å². The van der Waals surface area contributed by atoms with Crippen molar-refractivity contribution in [2.75, 3.05) is 5.32 Å². The van der Waals surface area contributed by atoms with E-state index in [9.17, 15) is 14.4 Å². The van der Waals surface area contributed by atoms with Crippen molar-refractivity contribution in [1.82, 2.24) is 0 Å². The predicted octanol–water partition coefficient (Wildman–Crippen LogP) is 4.06. The molecule has 0 saturated carbocycles. The van der Waals surface area contributed by atoms with Gasteiger partial charge in [-0.25, -0.2) is 4.79 Å². The number of anilines is 1. The molecule has 0 saturated heterocycles. The molecule has 5 nitrogen and oxygen atoms in total. The second kappa shape index (κ2) is 7.61. The lowest BCUT2D eigenvalue weighted by molar-refractivity contribution is -0.114. The number of carbonyl (C=O) groups excluding carboxylic acids is 3. The van der Waals surface area contributed by atoms with Crippen LogP contribution in [0.5, 0.6) is 0 Å². The number of rotatable bonds is 5. The summed E-state index contributed by atoms with van der Waals surface area (Å²) in [5.74, 6) is -1.14. The van der Waals surface area contributed by atoms with E-state index in [2.05, 4.69) is 5.32 Å². The summed E-state index contributed by atoms with van der Waals surface area (Å²) in [6.45, 7) is 8.52. The molecule has 6 heteroatoms. The van der Waals surface area contributed by atoms with Crippen LogP contribution in [-0.2, 0) is 9.53 Å². The summed E-state index contributed by atoms with van der Waals surface area (Å²) in [5, 5.41) is 3.10. The Balaban J connectivity index is 2.20. The van der Waals surface area contributed by atoms with Gasteiger partial charge in [0.05, 0.1) is 5.56 Å². The normalized spacial score (nSPS) is 11.7. The Labute approximate surface area is 151 Å². The topological polar surface area (TPSA) is 72.5 Å². The largest absolute Gasteiger partial charge is 0.451 e. The fraction of sp³-hybridized carbons (Fsp3) is 0.316. The van der Waals surface area contributed by atoms with E-state index in [0.29, 0.717) is 16.1 Å². The Bertz CT molecular complexity index is 821. The quantitative estimate of drug-likeness (QED) is 0.645. The van der Waals surface area contributed by atoms with Gasteiger partial charge in [0.25, 0.3) is 0 Å². The smallest absolute Gasteiger partial charge is 0.342 e. The number of ether oxygens (including phenoxy) is 1.